The van der Waals surface area contributed by atoms with Crippen molar-refractivity contribution in [3.63, 3.8) is 0 Å². The molecule has 0 spiro atoms. The van der Waals surface area contributed by atoms with Crippen molar-refractivity contribution < 1.29 is 4.79 Å². The molecule has 1 unspecified atom stereocenters. The van der Waals surface area contributed by atoms with Crippen LogP contribution < -0.4 is 5.32 Å². The summed E-state index contributed by atoms with van der Waals surface area (Å²) in [5.74, 6) is 1.06. The monoisotopic (exact) mass is 404 g/mol. The van der Waals surface area contributed by atoms with Crippen LogP contribution in [0.2, 0.25) is 0 Å². The van der Waals surface area contributed by atoms with Gasteiger partial charge in [0.2, 0.25) is 5.91 Å². The molecule has 0 aliphatic carbocycles. The van der Waals surface area contributed by atoms with Gasteiger partial charge in [0.1, 0.15) is 11.9 Å². The van der Waals surface area contributed by atoms with Gasteiger partial charge >= 0.3 is 0 Å². The van der Waals surface area contributed by atoms with E-state index >= 15 is 0 Å². The van der Waals surface area contributed by atoms with E-state index in [1.54, 1.807) is 0 Å². The number of nitrogens with zero attached hydrogens (tertiary/aromatic N) is 3. The number of imidazole rings is 1. The summed E-state index contributed by atoms with van der Waals surface area (Å²) in [7, 11) is 0. The van der Waals surface area contributed by atoms with Gasteiger partial charge < -0.3 is 14.8 Å². The molecule has 0 radical (unpaired) electrons. The number of likely N-dealkylation sites (tertiary alicyclic amines) is 1. The lowest BCUT2D eigenvalue weighted by molar-refractivity contribution is -0.124. The van der Waals surface area contributed by atoms with Gasteiger partial charge in [-0.3, -0.25) is 4.79 Å². The van der Waals surface area contributed by atoms with Gasteiger partial charge in [0, 0.05) is 19.5 Å². The summed E-state index contributed by atoms with van der Waals surface area (Å²) in [6, 6.07) is 18.3. The Kier molecular flexibility index (Phi) is 6.80. The molecule has 0 saturated carbocycles. The predicted octanol–water partition coefficient (Wildman–Crippen LogP) is 4.18. The highest BCUT2D eigenvalue weighted by molar-refractivity contribution is 5.84. The third kappa shape index (κ3) is 4.73. The van der Waals surface area contributed by atoms with Crippen molar-refractivity contribution in [2.75, 3.05) is 26.2 Å². The van der Waals surface area contributed by atoms with Gasteiger partial charge in [-0.05, 0) is 50.0 Å². The Hall–Kier alpha value is -2.66. The largest absolute Gasteiger partial charge is 0.353 e. The lowest BCUT2D eigenvalue weighted by Crippen LogP contribution is -2.38. The SMILES string of the molecule is CCCC(C(=O)NCCN1CCCC1)n1c(Cc2ccccc2)nc2ccccc21. The zero-order valence-electron chi connectivity index (χ0n) is 17.9. The number of para-hydroxylation sites is 2. The number of benzene rings is 2. The molecule has 1 aliphatic heterocycles. The molecule has 1 N–H and O–H groups in total. The predicted molar refractivity (Wildman–Crippen MR) is 122 cm³/mol. The average Bonchev–Trinajstić information content (AvgIpc) is 3.40. The van der Waals surface area contributed by atoms with Crippen molar-refractivity contribution >= 4 is 16.9 Å². The first-order valence-corrected chi connectivity index (χ1v) is 11.3. The maximum Gasteiger partial charge on any atom is 0.243 e. The van der Waals surface area contributed by atoms with Crippen LogP contribution in [0.1, 0.15) is 50.0 Å². The molecular weight excluding hydrogens is 372 g/mol. The summed E-state index contributed by atoms with van der Waals surface area (Å²) < 4.78 is 2.18. The first-order chi connectivity index (χ1) is 14.8. The topological polar surface area (TPSA) is 50.2 Å². The van der Waals surface area contributed by atoms with Gasteiger partial charge in [-0.25, -0.2) is 4.98 Å². The number of amides is 1. The third-order valence-corrected chi connectivity index (χ3v) is 5.98. The molecule has 1 fully saturated rings. The van der Waals surface area contributed by atoms with Crippen molar-refractivity contribution in [2.45, 2.75) is 45.1 Å². The quantitative estimate of drug-likeness (QED) is 0.582. The first kappa shape index (κ1) is 20.6. The van der Waals surface area contributed by atoms with Gasteiger partial charge in [-0.15, -0.1) is 0 Å². The Morgan fingerprint density at radius 1 is 1.07 bits per heavy atom. The molecule has 2 aromatic carbocycles. The summed E-state index contributed by atoms with van der Waals surface area (Å²) in [4.78, 5) is 20.6. The van der Waals surface area contributed by atoms with Crippen LogP contribution in [-0.2, 0) is 11.2 Å². The van der Waals surface area contributed by atoms with Crippen LogP contribution in [0.3, 0.4) is 0 Å². The Balaban J connectivity index is 1.59. The summed E-state index contributed by atoms with van der Waals surface area (Å²) in [6.45, 7) is 6.09. The zero-order valence-corrected chi connectivity index (χ0v) is 17.9. The van der Waals surface area contributed by atoms with Crippen LogP contribution in [0.4, 0.5) is 0 Å². The first-order valence-electron chi connectivity index (χ1n) is 11.3. The molecule has 5 nitrogen and oxygen atoms in total. The number of nitrogens with one attached hydrogen (secondary N) is 1. The molecular formula is C25H32N4O. The van der Waals surface area contributed by atoms with Crippen LogP contribution in [0.15, 0.2) is 54.6 Å². The number of rotatable bonds is 9. The second-order valence-corrected chi connectivity index (χ2v) is 8.19. The van der Waals surface area contributed by atoms with Crippen LogP contribution >= 0.6 is 0 Å². The maximum atomic E-state index is 13.3. The van der Waals surface area contributed by atoms with E-state index in [-0.39, 0.29) is 11.9 Å². The molecule has 0 bridgehead atoms. The number of hydrogen-bond acceptors (Lipinski definition) is 3. The lowest BCUT2D eigenvalue weighted by atomic mass is 10.1. The van der Waals surface area contributed by atoms with Crippen LogP contribution in [0.5, 0.6) is 0 Å². The van der Waals surface area contributed by atoms with E-state index in [1.165, 1.54) is 18.4 Å². The van der Waals surface area contributed by atoms with Crippen LogP contribution in [-0.4, -0.2) is 46.5 Å². The molecule has 2 heterocycles. The molecule has 1 amide bonds. The summed E-state index contributed by atoms with van der Waals surface area (Å²) in [6.07, 6.45) is 5.02. The Bertz CT molecular complexity index is 960. The Labute approximate surface area is 179 Å². The van der Waals surface area contributed by atoms with Crippen molar-refractivity contribution in [1.29, 1.82) is 0 Å². The molecule has 4 rings (SSSR count). The molecule has 3 aromatic rings. The highest BCUT2D eigenvalue weighted by Gasteiger charge is 2.25. The van der Waals surface area contributed by atoms with Crippen molar-refractivity contribution in [2.24, 2.45) is 0 Å². The minimum atomic E-state index is -0.236. The number of hydrogen-bond donors (Lipinski definition) is 1. The van der Waals surface area contributed by atoms with Crippen molar-refractivity contribution in [1.82, 2.24) is 19.8 Å². The Morgan fingerprint density at radius 2 is 1.80 bits per heavy atom. The van der Waals surface area contributed by atoms with E-state index in [1.807, 2.05) is 24.3 Å². The van der Waals surface area contributed by atoms with E-state index in [0.717, 1.165) is 55.8 Å². The van der Waals surface area contributed by atoms with Gasteiger partial charge in [-0.1, -0.05) is 55.8 Å². The van der Waals surface area contributed by atoms with Crippen LogP contribution in [0.25, 0.3) is 11.0 Å². The number of carbonyl (C=O) groups is 1. The van der Waals surface area contributed by atoms with Gasteiger partial charge in [0.15, 0.2) is 0 Å². The molecule has 1 aromatic heterocycles. The smallest absolute Gasteiger partial charge is 0.243 e. The number of fused-ring (bicyclic) bond motifs is 1. The fourth-order valence-corrected chi connectivity index (χ4v) is 4.46. The summed E-state index contributed by atoms with van der Waals surface area (Å²) in [5.41, 5.74) is 3.20. The van der Waals surface area contributed by atoms with E-state index in [9.17, 15) is 4.79 Å². The standard InChI is InChI=1S/C25H32N4O/c1-2-10-23(25(30)26-15-18-28-16-8-9-17-28)29-22-14-7-6-13-21(22)27-24(29)19-20-11-4-3-5-12-20/h3-7,11-14,23H,2,8-10,15-19H2,1H3,(H,26,30). The molecule has 30 heavy (non-hydrogen) atoms. The van der Waals surface area contributed by atoms with Gasteiger partial charge in [-0.2, -0.15) is 0 Å². The third-order valence-electron chi connectivity index (χ3n) is 5.98. The maximum absolute atomic E-state index is 13.3. The fraction of sp³-hybridized carbons (Fsp3) is 0.440. The highest BCUT2D eigenvalue weighted by atomic mass is 16.2. The van der Waals surface area contributed by atoms with Crippen molar-refractivity contribution in [3.05, 3.63) is 66.0 Å². The normalized spacial score (nSPS) is 15.5. The average molecular weight is 405 g/mol. The zero-order chi connectivity index (χ0) is 20.8. The molecule has 158 valence electrons. The second kappa shape index (κ2) is 9.90. The minimum absolute atomic E-state index is 0.105. The van der Waals surface area contributed by atoms with E-state index in [4.69, 9.17) is 4.98 Å². The Morgan fingerprint density at radius 3 is 2.57 bits per heavy atom. The lowest BCUT2D eigenvalue weighted by Gasteiger charge is -2.22. The van der Waals surface area contributed by atoms with E-state index < -0.39 is 0 Å². The number of aromatic nitrogens is 2. The van der Waals surface area contributed by atoms with Gasteiger partial charge in [0.05, 0.1) is 11.0 Å². The number of carbonyl (C=O) groups excluding carboxylic acids is 1. The van der Waals surface area contributed by atoms with Gasteiger partial charge in [0.25, 0.3) is 0 Å². The summed E-state index contributed by atoms with van der Waals surface area (Å²) >= 11 is 0. The summed E-state index contributed by atoms with van der Waals surface area (Å²) in [5, 5.41) is 3.21. The fourth-order valence-electron chi connectivity index (χ4n) is 4.46. The second-order valence-electron chi connectivity index (χ2n) is 8.19. The van der Waals surface area contributed by atoms with E-state index in [2.05, 4.69) is 52.0 Å². The molecule has 1 saturated heterocycles. The molecule has 1 aliphatic rings. The van der Waals surface area contributed by atoms with Crippen molar-refractivity contribution in [3.8, 4) is 0 Å². The molecule has 1 atom stereocenters. The van der Waals surface area contributed by atoms with Crippen LogP contribution in [0, 0.1) is 0 Å². The highest BCUT2D eigenvalue weighted by Crippen LogP contribution is 2.26. The van der Waals surface area contributed by atoms with E-state index in [0.29, 0.717) is 6.54 Å². The minimum Gasteiger partial charge on any atom is -0.353 e. The molecule has 5 heteroatoms.